The van der Waals surface area contributed by atoms with Crippen molar-refractivity contribution in [2.75, 3.05) is 0 Å². The van der Waals surface area contributed by atoms with E-state index in [4.69, 9.17) is 5.73 Å². The predicted octanol–water partition coefficient (Wildman–Crippen LogP) is 1.40. The average molecular weight is 210 g/mol. The summed E-state index contributed by atoms with van der Waals surface area (Å²) in [6, 6.07) is 0. The summed E-state index contributed by atoms with van der Waals surface area (Å²) in [7, 11) is 0. The first-order chi connectivity index (χ1) is 4.75. The molecule has 0 fully saturated rings. The standard InChI is InChI=1S/C7H11N3.2ClH/c1-5-6(2)9-4-10-7(5)3-8;;/h4H,3,8H2,1-2H3;2*1H. The van der Waals surface area contributed by atoms with Crippen LogP contribution < -0.4 is 5.73 Å². The van der Waals surface area contributed by atoms with E-state index in [1.54, 1.807) is 6.33 Å². The van der Waals surface area contributed by atoms with Crippen molar-refractivity contribution in [1.29, 1.82) is 0 Å². The number of hydrogen-bond acceptors (Lipinski definition) is 3. The highest BCUT2D eigenvalue weighted by molar-refractivity contribution is 5.85. The molecule has 70 valence electrons. The third-order valence-electron chi connectivity index (χ3n) is 1.63. The number of nitrogens with two attached hydrogens (primary N) is 1. The molecule has 1 heterocycles. The lowest BCUT2D eigenvalue weighted by molar-refractivity contribution is 0.919. The first kappa shape index (κ1) is 14.2. The first-order valence-corrected chi connectivity index (χ1v) is 3.23. The van der Waals surface area contributed by atoms with E-state index in [2.05, 4.69) is 9.97 Å². The minimum absolute atomic E-state index is 0. The monoisotopic (exact) mass is 209 g/mol. The Bertz CT molecular complexity index is 240. The van der Waals surface area contributed by atoms with E-state index in [-0.39, 0.29) is 24.8 Å². The van der Waals surface area contributed by atoms with Crippen molar-refractivity contribution < 1.29 is 0 Å². The predicted molar refractivity (Wildman–Crippen MR) is 53.9 cm³/mol. The minimum atomic E-state index is 0. The molecule has 1 aromatic heterocycles. The second-order valence-corrected chi connectivity index (χ2v) is 2.23. The third kappa shape index (κ3) is 2.93. The van der Waals surface area contributed by atoms with Crippen LogP contribution in [-0.4, -0.2) is 9.97 Å². The van der Waals surface area contributed by atoms with Crippen LogP contribution in [0.1, 0.15) is 17.0 Å². The van der Waals surface area contributed by atoms with Gasteiger partial charge < -0.3 is 5.73 Å². The summed E-state index contributed by atoms with van der Waals surface area (Å²) in [4.78, 5) is 8.04. The van der Waals surface area contributed by atoms with Crippen LogP contribution in [0, 0.1) is 13.8 Å². The van der Waals surface area contributed by atoms with Crippen molar-refractivity contribution in [3.63, 3.8) is 0 Å². The second-order valence-electron chi connectivity index (χ2n) is 2.23. The summed E-state index contributed by atoms with van der Waals surface area (Å²) in [5.74, 6) is 0. The summed E-state index contributed by atoms with van der Waals surface area (Å²) in [6.07, 6.45) is 1.55. The van der Waals surface area contributed by atoms with E-state index >= 15 is 0 Å². The van der Waals surface area contributed by atoms with Gasteiger partial charge in [0, 0.05) is 12.2 Å². The molecule has 0 aliphatic rings. The van der Waals surface area contributed by atoms with Crippen LogP contribution in [0.3, 0.4) is 0 Å². The van der Waals surface area contributed by atoms with Crippen molar-refractivity contribution in [1.82, 2.24) is 9.97 Å². The van der Waals surface area contributed by atoms with Gasteiger partial charge in [-0.25, -0.2) is 9.97 Å². The lowest BCUT2D eigenvalue weighted by atomic mass is 10.2. The Labute approximate surface area is 84.6 Å². The van der Waals surface area contributed by atoms with Crippen molar-refractivity contribution in [3.8, 4) is 0 Å². The normalized spacial score (nSPS) is 8.25. The van der Waals surface area contributed by atoms with Crippen LogP contribution >= 0.6 is 24.8 Å². The number of aryl methyl sites for hydroxylation is 1. The van der Waals surface area contributed by atoms with Gasteiger partial charge in [-0.15, -0.1) is 24.8 Å². The summed E-state index contributed by atoms with van der Waals surface area (Å²) < 4.78 is 0. The van der Waals surface area contributed by atoms with Gasteiger partial charge in [0.1, 0.15) is 6.33 Å². The second kappa shape index (κ2) is 6.17. The highest BCUT2D eigenvalue weighted by Gasteiger charge is 1.98. The Morgan fingerprint density at radius 2 is 1.83 bits per heavy atom. The van der Waals surface area contributed by atoms with Gasteiger partial charge in [-0.2, -0.15) is 0 Å². The van der Waals surface area contributed by atoms with Crippen molar-refractivity contribution in [3.05, 3.63) is 23.3 Å². The van der Waals surface area contributed by atoms with Crippen LogP contribution in [0.25, 0.3) is 0 Å². The lowest BCUT2D eigenvalue weighted by Crippen LogP contribution is -2.04. The zero-order chi connectivity index (χ0) is 7.56. The number of nitrogens with zero attached hydrogens (tertiary/aromatic N) is 2. The highest BCUT2D eigenvalue weighted by Crippen LogP contribution is 2.04. The summed E-state index contributed by atoms with van der Waals surface area (Å²) in [5, 5.41) is 0. The molecule has 0 unspecified atom stereocenters. The van der Waals surface area contributed by atoms with E-state index in [1.165, 1.54) is 0 Å². The van der Waals surface area contributed by atoms with E-state index in [0.29, 0.717) is 6.54 Å². The molecule has 1 rings (SSSR count). The molecule has 3 nitrogen and oxygen atoms in total. The summed E-state index contributed by atoms with van der Waals surface area (Å²) in [6.45, 7) is 4.43. The molecule has 0 saturated heterocycles. The molecule has 0 radical (unpaired) electrons. The van der Waals surface area contributed by atoms with Crippen LogP contribution in [0.15, 0.2) is 6.33 Å². The van der Waals surface area contributed by atoms with E-state index in [1.807, 2.05) is 13.8 Å². The molecule has 0 aliphatic heterocycles. The fraction of sp³-hybridized carbons (Fsp3) is 0.429. The number of hydrogen-bond donors (Lipinski definition) is 1. The molecule has 0 bridgehead atoms. The van der Waals surface area contributed by atoms with Gasteiger partial charge in [0.25, 0.3) is 0 Å². The van der Waals surface area contributed by atoms with Crippen LogP contribution in [0.2, 0.25) is 0 Å². The Hall–Kier alpha value is -0.380. The Kier molecular flexibility index (Phi) is 7.28. The maximum Gasteiger partial charge on any atom is 0.115 e. The molecular formula is C7H13Cl2N3. The topological polar surface area (TPSA) is 51.8 Å². The SMILES string of the molecule is Cc1ncnc(CN)c1C.Cl.Cl. The van der Waals surface area contributed by atoms with Gasteiger partial charge in [0.2, 0.25) is 0 Å². The number of rotatable bonds is 1. The Balaban J connectivity index is 0. The quantitative estimate of drug-likeness (QED) is 0.762. The number of aromatic nitrogens is 2. The molecule has 0 amide bonds. The van der Waals surface area contributed by atoms with Gasteiger partial charge in [0.15, 0.2) is 0 Å². The molecular weight excluding hydrogens is 197 g/mol. The fourth-order valence-electron chi connectivity index (χ4n) is 0.793. The molecule has 2 N–H and O–H groups in total. The molecule has 1 aromatic rings. The van der Waals surface area contributed by atoms with Gasteiger partial charge in [0.05, 0.1) is 5.69 Å². The van der Waals surface area contributed by atoms with Crippen molar-refractivity contribution in [2.24, 2.45) is 5.73 Å². The summed E-state index contributed by atoms with van der Waals surface area (Å²) in [5.41, 5.74) is 8.48. The zero-order valence-electron chi connectivity index (χ0n) is 7.07. The maximum absolute atomic E-state index is 5.43. The molecule has 12 heavy (non-hydrogen) atoms. The van der Waals surface area contributed by atoms with Gasteiger partial charge in [-0.1, -0.05) is 0 Å². The number of halogens is 2. The van der Waals surface area contributed by atoms with E-state index in [0.717, 1.165) is 17.0 Å². The molecule has 0 aromatic carbocycles. The van der Waals surface area contributed by atoms with Gasteiger partial charge in [-0.05, 0) is 19.4 Å². The highest BCUT2D eigenvalue weighted by atomic mass is 35.5. The molecule has 0 aliphatic carbocycles. The van der Waals surface area contributed by atoms with Crippen LogP contribution in [-0.2, 0) is 6.54 Å². The van der Waals surface area contributed by atoms with Crippen LogP contribution in [0.4, 0.5) is 0 Å². The maximum atomic E-state index is 5.43. The van der Waals surface area contributed by atoms with Crippen molar-refractivity contribution in [2.45, 2.75) is 20.4 Å². The van der Waals surface area contributed by atoms with Crippen molar-refractivity contribution >= 4 is 24.8 Å². The van der Waals surface area contributed by atoms with Crippen LogP contribution in [0.5, 0.6) is 0 Å². The zero-order valence-corrected chi connectivity index (χ0v) is 8.71. The average Bonchev–Trinajstić information content (AvgIpc) is 1.95. The smallest absolute Gasteiger partial charge is 0.115 e. The Morgan fingerprint density at radius 1 is 1.25 bits per heavy atom. The molecule has 0 atom stereocenters. The molecule has 0 saturated carbocycles. The lowest BCUT2D eigenvalue weighted by Gasteiger charge is -2.01. The fourth-order valence-corrected chi connectivity index (χ4v) is 0.793. The third-order valence-corrected chi connectivity index (χ3v) is 1.63. The first-order valence-electron chi connectivity index (χ1n) is 3.23. The minimum Gasteiger partial charge on any atom is -0.325 e. The van der Waals surface area contributed by atoms with E-state index < -0.39 is 0 Å². The van der Waals surface area contributed by atoms with Gasteiger partial charge >= 0.3 is 0 Å². The molecule has 5 heteroatoms. The largest absolute Gasteiger partial charge is 0.325 e. The summed E-state index contributed by atoms with van der Waals surface area (Å²) >= 11 is 0. The van der Waals surface area contributed by atoms with Gasteiger partial charge in [-0.3, -0.25) is 0 Å². The Morgan fingerprint density at radius 3 is 2.25 bits per heavy atom. The molecule has 0 spiro atoms. The van der Waals surface area contributed by atoms with E-state index in [9.17, 15) is 0 Å².